The molecule has 2 aromatic rings. The Morgan fingerprint density at radius 3 is 2.95 bits per heavy atom. The summed E-state index contributed by atoms with van der Waals surface area (Å²) in [5.41, 5.74) is 0.832. The zero-order chi connectivity index (χ0) is 13.8. The molecule has 0 aliphatic carbocycles. The number of tetrazole rings is 1. The van der Waals surface area contributed by atoms with Gasteiger partial charge in [-0.1, -0.05) is 25.4 Å². The van der Waals surface area contributed by atoms with E-state index in [-0.39, 0.29) is 0 Å². The zero-order valence-electron chi connectivity index (χ0n) is 10.8. The molecule has 0 unspecified atom stereocenters. The molecule has 1 aromatic carbocycles. The fraction of sp³-hybridized carbons (Fsp3) is 0.417. The second-order valence-corrected chi connectivity index (χ2v) is 5.92. The molecule has 0 amide bonds. The third kappa shape index (κ3) is 3.75. The van der Waals surface area contributed by atoms with E-state index in [1.54, 1.807) is 4.68 Å². The Balaban J connectivity index is 2.21. The van der Waals surface area contributed by atoms with Crippen molar-refractivity contribution in [3.05, 3.63) is 33.5 Å². The van der Waals surface area contributed by atoms with Crippen LogP contribution in [0, 0.1) is 5.92 Å². The maximum Gasteiger partial charge on any atom is 0.170 e. The Hall–Kier alpha value is -0.980. The second kappa shape index (κ2) is 6.45. The number of benzene rings is 1. The highest BCUT2D eigenvalue weighted by atomic mass is 79.9. The first kappa shape index (κ1) is 14.4. The van der Waals surface area contributed by atoms with E-state index in [1.165, 1.54) is 0 Å². The van der Waals surface area contributed by atoms with Gasteiger partial charge in [-0.05, 0) is 57.0 Å². The lowest BCUT2D eigenvalue weighted by molar-refractivity contribution is 0.537. The van der Waals surface area contributed by atoms with Crippen LogP contribution in [-0.2, 0) is 6.54 Å². The number of nitrogens with one attached hydrogen (secondary N) is 1. The van der Waals surface area contributed by atoms with E-state index < -0.39 is 0 Å². The smallest absolute Gasteiger partial charge is 0.170 e. The lowest BCUT2D eigenvalue weighted by atomic mass is 10.2. The largest absolute Gasteiger partial charge is 0.310 e. The highest BCUT2D eigenvalue weighted by Gasteiger charge is 2.11. The Bertz CT molecular complexity index is 555. The summed E-state index contributed by atoms with van der Waals surface area (Å²) in [6, 6.07) is 5.52. The van der Waals surface area contributed by atoms with Gasteiger partial charge in [0.05, 0.1) is 12.2 Å². The van der Waals surface area contributed by atoms with Gasteiger partial charge in [-0.3, -0.25) is 0 Å². The van der Waals surface area contributed by atoms with Crippen molar-refractivity contribution in [2.75, 3.05) is 6.54 Å². The molecule has 0 atom stereocenters. The number of nitrogens with zero attached hydrogens (tertiary/aromatic N) is 4. The van der Waals surface area contributed by atoms with E-state index in [0.29, 0.717) is 17.5 Å². The van der Waals surface area contributed by atoms with Gasteiger partial charge in [0, 0.05) is 9.50 Å². The van der Waals surface area contributed by atoms with Gasteiger partial charge in [0.1, 0.15) is 0 Å². The van der Waals surface area contributed by atoms with E-state index in [2.05, 4.69) is 50.6 Å². The van der Waals surface area contributed by atoms with Crippen LogP contribution in [0.4, 0.5) is 0 Å². The molecular weight excluding hydrogens is 330 g/mol. The first-order chi connectivity index (χ1) is 9.08. The third-order valence-electron chi connectivity index (χ3n) is 2.51. The summed E-state index contributed by atoms with van der Waals surface area (Å²) in [6.07, 6.45) is 0. The SMILES string of the molecule is CC(C)CNCc1nnnn1-c1cc(Cl)ccc1Br. The summed E-state index contributed by atoms with van der Waals surface area (Å²) in [7, 11) is 0. The average Bonchev–Trinajstić information content (AvgIpc) is 2.80. The minimum atomic E-state index is 0.585. The van der Waals surface area contributed by atoms with Gasteiger partial charge >= 0.3 is 0 Å². The molecule has 1 heterocycles. The number of halogens is 2. The first-order valence-corrected chi connectivity index (χ1v) is 7.18. The van der Waals surface area contributed by atoms with E-state index >= 15 is 0 Å². The maximum absolute atomic E-state index is 6.01. The molecule has 0 aliphatic rings. The summed E-state index contributed by atoms with van der Waals surface area (Å²) in [6.45, 7) is 5.85. The summed E-state index contributed by atoms with van der Waals surface area (Å²) in [4.78, 5) is 0. The molecule has 1 N–H and O–H groups in total. The highest BCUT2D eigenvalue weighted by molar-refractivity contribution is 9.10. The van der Waals surface area contributed by atoms with Gasteiger partial charge in [0.15, 0.2) is 5.82 Å². The zero-order valence-corrected chi connectivity index (χ0v) is 13.1. The molecule has 1 aromatic heterocycles. The second-order valence-electron chi connectivity index (χ2n) is 4.63. The normalized spacial score (nSPS) is 11.2. The maximum atomic E-state index is 6.01. The highest BCUT2D eigenvalue weighted by Crippen LogP contribution is 2.24. The van der Waals surface area contributed by atoms with Crippen LogP contribution in [0.5, 0.6) is 0 Å². The minimum absolute atomic E-state index is 0.585. The molecule has 0 saturated carbocycles. The van der Waals surface area contributed by atoms with Crippen molar-refractivity contribution in [2.24, 2.45) is 5.92 Å². The molecule has 2 rings (SSSR count). The van der Waals surface area contributed by atoms with Crippen LogP contribution in [0.1, 0.15) is 19.7 Å². The van der Waals surface area contributed by atoms with Gasteiger partial charge < -0.3 is 5.32 Å². The van der Waals surface area contributed by atoms with Crippen LogP contribution < -0.4 is 5.32 Å². The summed E-state index contributed by atoms with van der Waals surface area (Å²) >= 11 is 9.50. The summed E-state index contributed by atoms with van der Waals surface area (Å²) in [5.74, 6) is 1.34. The van der Waals surface area contributed by atoms with Crippen molar-refractivity contribution in [3.8, 4) is 5.69 Å². The standard InChI is InChI=1S/C12H15BrClN5/c1-8(2)6-15-7-12-16-17-18-19(12)11-5-9(14)3-4-10(11)13/h3-5,8,15H,6-7H2,1-2H3. The molecule has 0 spiro atoms. The number of aromatic nitrogens is 4. The minimum Gasteiger partial charge on any atom is -0.310 e. The Morgan fingerprint density at radius 1 is 1.42 bits per heavy atom. The molecule has 5 nitrogen and oxygen atoms in total. The molecule has 0 radical (unpaired) electrons. The van der Waals surface area contributed by atoms with Crippen molar-refractivity contribution in [1.29, 1.82) is 0 Å². The van der Waals surface area contributed by atoms with Gasteiger partial charge in [0.25, 0.3) is 0 Å². The third-order valence-corrected chi connectivity index (χ3v) is 3.41. The predicted octanol–water partition coefficient (Wildman–Crippen LogP) is 2.82. The van der Waals surface area contributed by atoms with Gasteiger partial charge in [-0.2, -0.15) is 4.68 Å². The molecular formula is C12H15BrClN5. The molecule has 0 aliphatic heterocycles. The molecule has 0 fully saturated rings. The Morgan fingerprint density at radius 2 is 2.21 bits per heavy atom. The topological polar surface area (TPSA) is 55.6 Å². The Labute approximate surface area is 125 Å². The van der Waals surface area contributed by atoms with Crippen molar-refractivity contribution in [3.63, 3.8) is 0 Å². The molecule has 102 valence electrons. The van der Waals surface area contributed by atoms with Crippen molar-refractivity contribution in [1.82, 2.24) is 25.5 Å². The fourth-order valence-corrected chi connectivity index (χ4v) is 2.20. The summed E-state index contributed by atoms with van der Waals surface area (Å²) < 4.78 is 2.58. The van der Waals surface area contributed by atoms with Crippen molar-refractivity contribution < 1.29 is 0 Å². The van der Waals surface area contributed by atoms with Crippen LogP contribution in [-0.4, -0.2) is 26.8 Å². The van der Waals surface area contributed by atoms with E-state index in [4.69, 9.17) is 11.6 Å². The van der Waals surface area contributed by atoms with Crippen LogP contribution in [0.15, 0.2) is 22.7 Å². The monoisotopic (exact) mass is 343 g/mol. The lowest BCUT2D eigenvalue weighted by Crippen LogP contribution is -2.21. The van der Waals surface area contributed by atoms with E-state index in [0.717, 1.165) is 22.5 Å². The van der Waals surface area contributed by atoms with E-state index in [1.807, 2.05) is 18.2 Å². The van der Waals surface area contributed by atoms with E-state index in [9.17, 15) is 0 Å². The quantitative estimate of drug-likeness (QED) is 0.906. The molecule has 19 heavy (non-hydrogen) atoms. The number of rotatable bonds is 5. The first-order valence-electron chi connectivity index (χ1n) is 6.01. The Kier molecular flexibility index (Phi) is 4.90. The molecule has 0 bridgehead atoms. The van der Waals surface area contributed by atoms with Crippen LogP contribution in [0.2, 0.25) is 5.02 Å². The summed E-state index contributed by atoms with van der Waals surface area (Å²) in [5, 5.41) is 15.7. The number of hydrogen-bond acceptors (Lipinski definition) is 4. The van der Waals surface area contributed by atoms with Crippen LogP contribution in [0.25, 0.3) is 5.69 Å². The van der Waals surface area contributed by atoms with Gasteiger partial charge in [-0.25, -0.2) is 0 Å². The van der Waals surface area contributed by atoms with Crippen LogP contribution in [0.3, 0.4) is 0 Å². The van der Waals surface area contributed by atoms with Gasteiger partial charge in [0.2, 0.25) is 0 Å². The lowest BCUT2D eigenvalue weighted by Gasteiger charge is -2.09. The van der Waals surface area contributed by atoms with Crippen molar-refractivity contribution in [2.45, 2.75) is 20.4 Å². The molecule has 7 heteroatoms. The number of hydrogen-bond donors (Lipinski definition) is 1. The predicted molar refractivity (Wildman–Crippen MR) is 78.4 cm³/mol. The van der Waals surface area contributed by atoms with Gasteiger partial charge in [-0.15, -0.1) is 5.10 Å². The molecule has 0 saturated heterocycles. The fourth-order valence-electron chi connectivity index (χ4n) is 1.62. The van der Waals surface area contributed by atoms with Crippen LogP contribution >= 0.6 is 27.5 Å². The van der Waals surface area contributed by atoms with Crippen molar-refractivity contribution >= 4 is 27.5 Å². The average molecular weight is 345 g/mol.